The van der Waals surface area contributed by atoms with Crippen LogP contribution < -0.4 is 10.6 Å². The van der Waals surface area contributed by atoms with Gasteiger partial charge in [0.25, 0.3) is 0 Å². The fourth-order valence-electron chi connectivity index (χ4n) is 4.93. The molecule has 5 rings (SSSR count). The maximum absolute atomic E-state index is 13.2. The van der Waals surface area contributed by atoms with Crippen LogP contribution in [0.3, 0.4) is 0 Å². The van der Waals surface area contributed by atoms with Crippen LogP contribution >= 0.6 is 11.6 Å². The summed E-state index contributed by atoms with van der Waals surface area (Å²) in [5, 5.41) is 6.26. The van der Waals surface area contributed by atoms with Crippen molar-refractivity contribution < 1.29 is 14.0 Å². The van der Waals surface area contributed by atoms with Gasteiger partial charge in [-0.1, -0.05) is 29.8 Å². The van der Waals surface area contributed by atoms with E-state index in [0.29, 0.717) is 10.7 Å². The van der Waals surface area contributed by atoms with Gasteiger partial charge in [0, 0.05) is 48.9 Å². The maximum atomic E-state index is 13.2. The first-order valence-corrected chi connectivity index (χ1v) is 12.2. The van der Waals surface area contributed by atoms with Crippen molar-refractivity contribution in [1.29, 1.82) is 0 Å². The monoisotopic (exact) mass is 482 g/mol. The Morgan fingerprint density at radius 1 is 1.03 bits per heavy atom. The number of halogens is 2. The van der Waals surface area contributed by atoms with E-state index in [2.05, 4.69) is 15.5 Å². The number of nitrogens with one attached hydrogen (secondary N) is 2. The van der Waals surface area contributed by atoms with E-state index in [1.165, 1.54) is 12.1 Å². The number of likely N-dealkylation sites (tertiary alicyclic amines) is 1. The molecule has 0 radical (unpaired) electrons. The number of rotatable bonds is 6. The summed E-state index contributed by atoms with van der Waals surface area (Å²) in [6.45, 7) is 2.37. The van der Waals surface area contributed by atoms with Gasteiger partial charge in [-0.15, -0.1) is 0 Å². The Balaban J connectivity index is 1.23. The predicted molar refractivity (Wildman–Crippen MR) is 131 cm³/mol. The zero-order valence-electron chi connectivity index (χ0n) is 18.8. The van der Waals surface area contributed by atoms with Crippen LogP contribution in [0.1, 0.15) is 36.8 Å². The van der Waals surface area contributed by atoms with Gasteiger partial charge >= 0.3 is 6.03 Å². The molecule has 34 heavy (non-hydrogen) atoms. The van der Waals surface area contributed by atoms with Crippen molar-refractivity contribution in [2.24, 2.45) is 0 Å². The van der Waals surface area contributed by atoms with Gasteiger partial charge in [-0.3, -0.25) is 9.69 Å². The largest absolute Gasteiger partial charge is 0.335 e. The van der Waals surface area contributed by atoms with E-state index in [9.17, 15) is 14.0 Å². The molecule has 3 fully saturated rings. The molecular formula is C26H28ClFN4O2. The molecule has 6 nitrogen and oxygen atoms in total. The molecule has 2 atom stereocenters. The van der Waals surface area contributed by atoms with Crippen molar-refractivity contribution in [3.8, 4) is 0 Å². The van der Waals surface area contributed by atoms with Crippen LogP contribution in [0.15, 0.2) is 48.5 Å². The van der Waals surface area contributed by atoms with Crippen molar-refractivity contribution in [1.82, 2.24) is 15.1 Å². The highest BCUT2D eigenvalue weighted by molar-refractivity contribution is 6.31. The van der Waals surface area contributed by atoms with Crippen molar-refractivity contribution >= 4 is 35.3 Å². The Bertz CT molecular complexity index is 1090. The second-order valence-corrected chi connectivity index (χ2v) is 9.83. The lowest BCUT2D eigenvalue weighted by Crippen LogP contribution is -2.55. The number of carbonyl (C=O) groups is 2. The Hall–Kier alpha value is -2.90. The first-order chi connectivity index (χ1) is 16.4. The van der Waals surface area contributed by atoms with Crippen LogP contribution in [0, 0.1) is 5.82 Å². The van der Waals surface area contributed by atoms with E-state index in [-0.39, 0.29) is 35.9 Å². The van der Waals surface area contributed by atoms with Crippen molar-refractivity contribution in [2.45, 2.75) is 50.4 Å². The summed E-state index contributed by atoms with van der Waals surface area (Å²) in [5.74, 6) is -0.245. The maximum Gasteiger partial charge on any atom is 0.319 e. The van der Waals surface area contributed by atoms with Crippen LogP contribution in [0.5, 0.6) is 0 Å². The number of anilines is 1. The number of hydrogen-bond acceptors (Lipinski definition) is 3. The summed E-state index contributed by atoms with van der Waals surface area (Å²) in [5.41, 5.74) is 2.38. The Morgan fingerprint density at radius 3 is 2.41 bits per heavy atom. The molecule has 2 aliphatic heterocycles. The van der Waals surface area contributed by atoms with Gasteiger partial charge in [0.2, 0.25) is 5.91 Å². The fourth-order valence-corrected chi connectivity index (χ4v) is 5.10. The molecule has 2 heterocycles. The van der Waals surface area contributed by atoms with Crippen molar-refractivity contribution in [3.05, 3.63) is 70.5 Å². The smallest absolute Gasteiger partial charge is 0.319 e. The third-order valence-corrected chi connectivity index (χ3v) is 6.95. The predicted octanol–water partition coefficient (Wildman–Crippen LogP) is 4.65. The second-order valence-electron chi connectivity index (χ2n) is 9.39. The van der Waals surface area contributed by atoms with Crippen molar-refractivity contribution in [3.63, 3.8) is 0 Å². The van der Waals surface area contributed by atoms with E-state index in [0.717, 1.165) is 56.4 Å². The molecule has 2 aromatic carbocycles. The van der Waals surface area contributed by atoms with E-state index in [4.69, 9.17) is 11.6 Å². The second kappa shape index (κ2) is 9.76. The number of amides is 3. The van der Waals surface area contributed by atoms with Gasteiger partial charge in [-0.25, -0.2) is 9.18 Å². The number of hydrogen-bond donors (Lipinski definition) is 2. The zero-order valence-corrected chi connectivity index (χ0v) is 19.6. The summed E-state index contributed by atoms with van der Waals surface area (Å²) < 4.78 is 13.2. The highest BCUT2D eigenvalue weighted by atomic mass is 35.5. The summed E-state index contributed by atoms with van der Waals surface area (Å²) >= 11 is 6.13. The van der Waals surface area contributed by atoms with Gasteiger partial charge in [0.05, 0.1) is 5.69 Å². The number of nitrogens with zero attached hydrogens (tertiary/aromatic N) is 2. The summed E-state index contributed by atoms with van der Waals surface area (Å²) in [7, 11) is 0. The lowest BCUT2D eigenvalue weighted by atomic mass is 10.1. The van der Waals surface area contributed by atoms with Crippen molar-refractivity contribution in [2.75, 3.05) is 18.4 Å². The SMILES string of the molecule is O=C(Nc1cc(Cl)ccc1/C=C/C(=O)N1C2CCC1CN(Cc1ccc(F)cc1)C2)NC1CC1. The molecule has 3 aliphatic rings. The molecule has 1 saturated carbocycles. The third kappa shape index (κ3) is 5.42. The summed E-state index contributed by atoms with van der Waals surface area (Å²) in [4.78, 5) is 29.7. The molecule has 2 aromatic rings. The minimum absolute atomic E-state index is 0.0164. The lowest BCUT2D eigenvalue weighted by Gasteiger charge is -2.40. The molecule has 1 aliphatic carbocycles. The fraction of sp³-hybridized carbons (Fsp3) is 0.385. The van der Waals surface area contributed by atoms with Gasteiger partial charge in [0.1, 0.15) is 5.82 Å². The number of fused-ring (bicyclic) bond motifs is 2. The highest BCUT2D eigenvalue weighted by Gasteiger charge is 2.41. The molecule has 3 amide bonds. The molecule has 2 N–H and O–H groups in total. The van der Waals surface area contributed by atoms with Crippen LogP contribution in [0.2, 0.25) is 5.02 Å². The topological polar surface area (TPSA) is 64.7 Å². The van der Waals surface area contributed by atoms with Crippen LogP contribution in [0.4, 0.5) is 14.9 Å². The van der Waals surface area contributed by atoms with Crippen LogP contribution in [0.25, 0.3) is 6.08 Å². The average molecular weight is 483 g/mol. The van der Waals surface area contributed by atoms with Crippen LogP contribution in [-0.2, 0) is 11.3 Å². The Morgan fingerprint density at radius 2 is 1.74 bits per heavy atom. The van der Waals surface area contributed by atoms with Gasteiger partial charge < -0.3 is 15.5 Å². The Kier molecular flexibility index (Phi) is 6.57. The number of carbonyl (C=O) groups excluding carboxylic acids is 2. The first kappa shape index (κ1) is 22.9. The van der Waals surface area contributed by atoms with Gasteiger partial charge in [-0.05, 0) is 67.2 Å². The van der Waals surface area contributed by atoms with Gasteiger partial charge in [-0.2, -0.15) is 0 Å². The standard InChI is InChI=1S/C26H28ClFN4O2/c27-19-5-3-18(24(13-19)30-26(34)29-21-8-9-21)4-12-25(33)32-22-10-11-23(32)16-31(15-22)14-17-1-6-20(28)7-2-17/h1-7,12-13,21-23H,8-11,14-16H2,(H2,29,30,34)/b12-4+. The molecule has 178 valence electrons. The molecule has 2 unspecified atom stereocenters. The van der Waals surface area contributed by atoms with Crippen LogP contribution in [-0.4, -0.2) is 53.0 Å². The van der Waals surface area contributed by atoms with Gasteiger partial charge in [0.15, 0.2) is 0 Å². The molecule has 2 saturated heterocycles. The zero-order chi connectivity index (χ0) is 23.7. The van der Waals surface area contributed by atoms with E-state index < -0.39 is 0 Å². The van der Waals surface area contributed by atoms with E-state index in [1.807, 2.05) is 17.0 Å². The summed E-state index contributed by atoms with van der Waals surface area (Å²) in [6, 6.07) is 12.2. The minimum Gasteiger partial charge on any atom is -0.335 e. The van der Waals surface area contributed by atoms with E-state index in [1.54, 1.807) is 30.4 Å². The average Bonchev–Trinajstić information content (AvgIpc) is 3.57. The molecule has 0 spiro atoms. The quantitative estimate of drug-likeness (QED) is 0.589. The summed E-state index contributed by atoms with van der Waals surface area (Å²) in [6.07, 6.45) is 7.32. The number of benzene rings is 2. The molecule has 8 heteroatoms. The molecule has 2 bridgehead atoms. The minimum atomic E-state index is -0.263. The number of piperazine rings is 1. The highest BCUT2D eigenvalue weighted by Crippen LogP contribution is 2.32. The lowest BCUT2D eigenvalue weighted by molar-refractivity contribution is -0.131. The van der Waals surface area contributed by atoms with E-state index >= 15 is 0 Å². The number of urea groups is 1. The Labute approximate surface area is 203 Å². The first-order valence-electron chi connectivity index (χ1n) is 11.8. The normalized spacial score (nSPS) is 22.2. The molecule has 0 aromatic heterocycles. The molecular weight excluding hydrogens is 455 g/mol. The third-order valence-electron chi connectivity index (χ3n) is 6.71.